The lowest BCUT2D eigenvalue weighted by Crippen LogP contribution is -2.29. The Kier molecular flexibility index (Phi) is 3.14. The number of aromatic nitrogens is 2. The van der Waals surface area contributed by atoms with Crippen LogP contribution in [-0.4, -0.2) is 29.0 Å². The van der Waals surface area contributed by atoms with Crippen LogP contribution in [0.25, 0.3) is 0 Å². The number of primary amides is 1. The van der Waals surface area contributed by atoms with Crippen LogP contribution >= 0.6 is 0 Å². The monoisotopic (exact) mass is 220 g/mol. The lowest BCUT2D eigenvalue weighted by atomic mass is 9.98. The summed E-state index contributed by atoms with van der Waals surface area (Å²) < 4.78 is 0. The minimum atomic E-state index is -0.467. The Balaban J connectivity index is 2.23. The third-order valence-electron chi connectivity index (χ3n) is 2.93. The van der Waals surface area contributed by atoms with Gasteiger partial charge in [-0.15, -0.1) is 0 Å². The number of carbonyl (C=O) groups excluding carboxylic acids is 1. The number of nitrogens with one attached hydrogen (secondary N) is 1. The van der Waals surface area contributed by atoms with Crippen LogP contribution in [0.2, 0.25) is 0 Å². The number of hydrogen-bond acceptors (Lipinski definition) is 4. The van der Waals surface area contributed by atoms with Gasteiger partial charge in [0.25, 0.3) is 5.91 Å². The largest absolute Gasteiger partial charge is 0.365 e. The first-order valence-corrected chi connectivity index (χ1v) is 5.52. The fourth-order valence-corrected chi connectivity index (χ4v) is 2.00. The van der Waals surface area contributed by atoms with Gasteiger partial charge < -0.3 is 11.1 Å². The molecule has 5 heteroatoms. The molecule has 3 N–H and O–H groups in total. The second-order valence-corrected chi connectivity index (χ2v) is 4.13. The average molecular weight is 220 g/mol. The summed E-state index contributed by atoms with van der Waals surface area (Å²) in [5.74, 6) is 0.704. The van der Waals surface area contributed by atoms with E-state index in [-0.39, 0.29) is 0 Å². The molecular formula is C11H16N4O. The van der Waals surface area contributed by atoms with Gasteiger partial charge in [0.05, 0.1) is 11.3 Å². The molecule has 0 aliphatic carbocycles. The van der Waals surface area contributed by atoms with Gasteiger partial charge in [-0.05, 0) is 26.3 Å². The van der Waals surface area contributed by atoms with Crippen molar-refractivity contribution in [1.82, 2.24) is 15.3 Å². The number of carbonyl (C=O) groups is 1. The van der Waals surface area contributed by atoms with Gasteiger partial charge in [0.2, 0.25) is 0 Å². The molecule has 1 saturated heterocycles. The zero-order chi connectivity index (χ0) is 11.5. The quantitative estimate of drug-likeness (QED) is 0.753. The molecule has 1 atom stereocenters. The summed E-state index contributed by atoms with van der Waals surface area (Å²) in [7, 11) is 0. The molecule has 0 spiro atoms. The van der Waals surface area contributed by atoms with Gasteiger partial charge in [-0.1, -0.05) is 0 Å². The Labute approximate surface area is 94.5 Å². The number of hydrogen-bond donors (Lipinski definition) is 2. The lowest BCUT2D eigenvalue weighted by molar-refractivity contribution is 0.0999. The highest BCUT2D eigenvalue weighted by atomic mass is 16.1. The van der Waals surface area contributed by atoms with Gasteiger partial charge in [-0.3, -0.25) is 4.79 Å². The van der Waals surface area contributed by atoms with E-state index >= 15 is 0 Å². The third kappa shape index (κ3) is 2.19. The van der Waals surface area contributed by atoms with Crippen LogP contribution in [0.3, 0.4) is 0 Å². The van der Waals surface area contributed by atoms with E-state index < -0.39 is 5.91 Å². The molecule has 0 saturated carbocycles. The number of piperidine rings is 1. The molecule has 2 rings (SSSR count). The first-order valence-electron chi connectivity index (χ1n) is 5.52. The molecule has 1 fully saturated rings. The van der Waals surface area contributed by atoms with Crippen molar-refractivity contribution in [2.24, 2.45) is 5.73 Å². The molecule has 16 heavy (non-hydrogen) atoms. The fraction of sp³-hybridized carbons (Fsp3) is 0.545. The van der Waals surface area contributed by atoms with E-state index in [4.69, 9.17) is 5.73 Å². The van der Waals surface area contributed by atoms with Gasteiger partial charge in [-0.25, -0.2) is 9.97 Å². The van der Waals surface area contributed by atoms with Crippen LogP contribution in [0.15, 0.2) is 6.20 Å². The molecule has 1 amide bonds. The molecule has 1 aliphatic rings. The average Bonchev–Trinajstić information content (AvgIpc) is 2.29. The summed E-state index contributed by atoms with van der Waals surface area (Å²) in [5, 5.41) is 3.32. The number of aryl methyl sites for hydroxylation is 1. The van der Waals surface area contributed by atoms with Crippen molar-refractivity contribution in [1.29, 1.82) is 0 Å². The molecule has 1 aromatic heterocycles. The molecule has 86 valence electrons. The lowest BCUT2D eigenvalue weighted by Gasteiger charge is -2.21. The molecule has 0 bridgehead atoms. The van der Waals surface area contributed by atoms with E-state index in [1.165, 1.54) is 6.20 Å². The highest BCUT2D eigenvalue weighted by molar-refractivity contribution is 5.93. The van der Waals surface area contributed by atoms with Crippen molar-refractivity contribution in [3.05, 3.63) is 23.3 Å². The van der Waals surface area contributed by atoms with Gasteiger partial charge in [0.1, 0.15) is 5.82 Å². The Morgan fingerprint density at radius 3 is 3.00 bits per heavy atom. The van der Waals surface area contributed by atoms with Crippen LogP contribution in [0.4, 0.5) is 0 Å². The van der Waals surface area contributed by atoms with Crippen molar-refractivity contribution in [2.75, 3.05) is 13.1 Å². The summed E-state index contributed by atoms with van der Waals surface area (Å²) in [6.07, 6.45) is 3.78. The van der Waals surface area contributed by atoms with Crippen molar-refractivity contribution >= 4 is 5.91 Å². The topological polar surface area (TPSA) is 80.9 Å². The maximum absolute atomic E-state index is 11.0. The number of nitrogens with zero attached hydrogens (tertiary/aromatic N) is 2. The normalized spacial score (nSPS) is 20.7. The summed E-state index contributed by atoms with van der Waals surface area (Å²) in [4.78, 5) is 19.6. The predicted molar refractivity (Wildman–Crippen MR) is 60.1 cm³/mol. The second kappa shape index (κ2) is 4.57. The fourth-order valence-electron chi connectivity index (χ4n) is 2.00. The van der Waals surface area contributed by atoms with E-state index in [1.54, 1.807) is 6.92 Å². The van der Waals surface area contributed by atoms with E-state index in [2.05, 4.69) is 15.3 Å². The smallest absolute Gasteiger partial charge is 0.252 e. The Hall–Kier alpha value is -1.49. The molecule has 1 unspecified atom stereocenters. The van der Waals surface area contributed by atoms with Gasteiger partial charge >= 0.3 is 0 Å². The van der Waals surface area contributed by atoms with E-state index in [1.807, 2.05) is 0 Å². The molecule has 1 aliphatic heterocycles. The molecular weight excluding hydrogens is 204 g/mol. The standard InChI is InChI=1S/C11H16N4O/c1-7-9(10(12)16)6-14-11(15-7)8-3-2-4-13-5-8/h6,8,13H,2-5H2,1H3,(H2,12,16). The highest BCUT2D eigenvalue weighted by Crippen LogP contribution is 2.20. The van der Waals surface area contributed by atoms with Crippen molar-refractivity contribution in [2.45, 2.75) is 25.7 Å². The van der Waals surface area contributed by atoms with E-state index in [9.17, 15) is 4.79 Å². The number of amides is 1. The van der Waals surface area contributed by atoms with E-state index in [0.717, 1.165) is 31.8 Å². The van der Waals surface area contributed by atoms with Crippen molar-refractivity contribution in [3.63, 3.8) is 0 Å². The van der Waals surface area contributed by atoms with Crippen LogP contribution < -0.4 is 11.1 Å². The van der Waals surface area contributed by atoms with Crippen molar-refractivity contribution < 1.29 is 4.79 Å². The minimum Gasteiger partial charge on any atom is -0.365 e. The molecule has 2 heterocycles. The summed E-state index contributed by atoms with van der Waals surface area (Å²) in [6.45, 7) is 3.77. The van der Waals surface area contributed by atoms with Gasteiger partial charge in [-0.2, -0.15) is 0 Å². The first kappa shape index (κ1) is 11.0. The highest BCUT2D eigenvalue weighted by Gasteiger charge is 2.19. The predicted octanol–water partition coefficient (Wildman–Crippen LogP) is 0.351. The number of nitrogens with two attached hydrogens (primary N) is 1. The van der Waals surface area contributed by atoms with E-state index in [0.29, 0.717) is 17.2 Å². The maximum Gasteiger partial charge on any atom is 0.252 e. The molecule has 0 aromatic carbocycles. The zero-order valence-electron chi connectivity index (χ0n) is 9.36. The first-order chi connectivity index (χ1) is 7.68. The second-order valence-electron chi connectivity index (χ2n) is 4.13. The van der Waals surface area contributed by atoms with Crippen LogP contribution in [-0.2, 0) is 0 Å². The maximum atomic E-state index is 11.0. The zero-order valence-corrected chi connectivity index (χ0v) is 9.36. The Morgan fingerprint density at radius 1 is 1.62 bits per heavy atom. The Morgan fingerprint density at radius 2 is 2.44 bits per heavy atom. The molecule has 5 nitrogen and oxygen atoms in total. The summed E-state index contributed by atoms with van der Waals surface area (Å²) in [6, 6.07) is 0. The van der Waals surface area contributed by atoms with Crippen LogP contribution in [0, 0.1) is 6.92 Å². The third-order valence-corrected chi connectivity index (χ3v) is 2.93. The number of rotatable bonds is 2. The Bertz CT molecular complexity index is 399. The SMILES string of the molecule is Cc1nc(C2CCCNC2)ncc1C(N)=O. The molecule has 1 aromatic rings. The van der Waals surface area contributed by atoms with Crippen LogP contribution in [0.1, 0.15) is 40.6 Å². The van der Waals surface area contributed by atoms with Crippen molar-refractivity contribution in [3.8, 4) is 0 Å². The molecule has 0 radical (unpaired) electrons. The van der Waals surface area contributed by atoms with Gasteiger partial charge in [0.15, 0.2) is 0 Å². The van der Waals surface area contributed by atoms with Gasteiger partial charge in [0, 0.05) is 18.7 Å². The summed E-state index contributed by atoms with van der Waals surface area (Å²) >= 11 is 0. The summed E-state index contributed by atoms with van der Waals surface area (Å²) in [5.41, 5.74) is 6.29. The minimum absolute atomic E-state index is 0.356. The van der Waals surface area contributed by atoms with Crippen LogP contribution in [0.5, 0.6) is 0 Å².